The Morgan fingerprint density at radius 1 is 0.548 bits per heavy atom. The zero-order valence-electron chi connectivity index (χ0n) is 28.3. The van der Waals surface area contributed by atoms with Crippen LogP contribution in [0.2, 0.25) is 0 Å². The maximum atomic E-state index is 12.3. The minimum atomic E-state index is -0.680. The second-order valence-electron chi connectivity index (χ2n) is 12.6. The van der Waals surface area contributed by atoms with Gasteiger partial charge in [-0.2, -0.15) is 0 Å². The summed E-state index contributed by atoms with van der Waals surface area (Å²) in [5, 5.41) is 23.0. The summed E-state index contributed by atoms with van der Waals surface area (Å²) in [7, 11) is 0. The minimum Gasteiger partial charge on any atom is -0.394 e. The van der Waals surface area contributed by atoms with Gasteiger partial charge in [-0.15, -0.1) is 0 Å². The van der Waals surface area contributed by atoms with Crippen LogP contribution in [0.3, 0.4) is 0 Å². The van der Waals surface area contributed by atoms with Crippen LogP contribution in [0.5, 0.6) is 0 Å². The van der Waals surface area contributed by atoms with Crippen molar-refractivity contribution in [1.82, 2.24) is 5.32 Å². The van der Waals surface area contributed by atoms with E-state index < -0.39 is 12.1 Å². The predicted molar refractivity (Wildman–Crippen MR) is 184 cm³/mol. The summed E-state index contributed by atoms with van der Waals surface area (Å²) in [6, 6.07) is -0.551. The van der Waals surface area contributed by atoms with Gasteiger partial charge < -0.3 is 15.5 Å². The average Bonchev–Trinajstić information content (AvgIpc) is 2.99. The van der Waals surface area contributed by atoms with E-state index in [-0.39, 0.29) is 12.5 Å². The number of amides is 1. The van der Waals surface area contributed by atoms with Crippen molar-refractivity contribution in [3.63, 3.8) is 0 Å². The van der Waals surface area contributed by atoms with Gasteiger partial charge in [0.05, 0.1) is 18.8 Å². The smallest absolute Gasteiger partial charge is 0.220 e. The molecule has 1 amide bonds. The first kappa shape index (κ1) is 40.9. The number of carbonyl (C=O) groups is 1. The van der Waals surface area contributed by atoms with E-state index in [4.69, 9.17) is 0 Å². The van der Waals surface area contributed by atoms with Crippen molar-refractivity contribution >= 4 is 5.91 Å². The van der Waals surface area contributed by atoms with Gasteiger partial charge in [0.25, 0.3) is 0 Å². The van der Waals surface area contributed by atoms with Crippen LogP contribution in [0.15, 0.2) is 24.3 Å². The van der Waals surface area contributed by atoms with Gasteiger partial charge in [-0.05, 0) is 64.2 Å². The Bertz CT molecular complexity index is 603. The molecule has 0 saturated heterocycles. The van der Waals surface area contributed by atoms with Crippen molar-refractivity contribution in [3.8, 4) is 0 Å². The Morgan fingerprint density at radius 3 is 1.31 bits per heavy atom. The lowest BCUT2D eigenvalue weighted by Crippen LogP contribution is -2.45. The Labute approximate surface area is 262 Å². The Morgan fingerprint density at radius 2 is 0.905 bits per heavy atom. The van der Waals surface area contributed by atoms with Crippen molar-refractivity contribution in [1.29, 1.82) is 0 Å². The van der Waals surface area contributed by atoms with E-state index in [1.165, 1.54) is 135 Å². The fourth-order valence-corrected chi connectivity index (χ4v) is 5.52. The van der Waals surface area contributed by atoms with E-state index >= 15 is 0 Å². The zero-order chi connectivity index (χ0) is 30.8. The summed E-state index contributed by atoms with van der Waals surface area (Å²) in [6.07, 6.45) is 42.3. The number of rotatable bonds is 33. The summed E-state index contributed by atoms with van der Waals surface area (Å²) >= 11 is 0. The molecule has 42 heavy (non-hydrogen) atoms. The van der Waals surface area contributed by atoms with Crippen molar-refractivity contribution in [3.05, 3.63) is 24.3 Å². The number of aliphatic hydroxyl groups excluding tert-OH is 2. The van der Waals surface area contributed by atoms with E-state index in [0.29, 0.717) is 12.8 Å². The number of unbranched alkanes of at least 4 members (excludes halogenated alkanes) is 22. The number of hydrogen-bond acceptors (Lipinski definition) is 3. The van der Waals surface area contributed by atoms with Gasteiger partial charge in [0.15, 0.2) is 0 Å². The highest BCUT2D eigenvalue weighted by Crippen LogP contribution is 2.13. The third-order valence-corrected chi connectivity index (χ3v) is 8.43. The molecule has 0 fully saturated rings. The predicted octanol–water partition coefficient (Wildman–Crippen LogP) is 10.9. The van der Waals surface area contributed by atoms with E-state index in [0.717, 1.165) is 32.1 Å². The third-order valence-electron chi connectivity index (χ3n) is 8.43. The molecule has 0 unspecified atom stereocenters. The standard InChI is InChI=1S/C38H73NO3/c1-3-5-7-9-11-13-15-17-18-19-20-22-24-26-28-30-32-34-38(42)39-36(35-40)37(41)33-31-29-27-25-23-21-16-14-12-10-8-6-4-2/h17-18,23,25,36-37,40-41H,3-16,19-22,24,26-35H2,1-2H3,(H,39,42)/b18-17+,25-23+/t36-,37+/m0/s1. The van der Waals surface area contributed by atoms with Gasteiger partial charge >= 0.3 is 0 Å². The molecule has 0 aliphatic carbocycles. The molecule has 0 saturated carbocycles. The van der Waals surface area contributed by atoms with Crippen LogP contribution in [0.25, 0.3) is 0 Å². The highest BCUT2D eigenvalue weighted by atomic mass is 16.3. The van der Waals surface area contributed by atoms with Crippen LogP contribution in [0, 0.1) is 0 Å². The molecule has 4 nitrogen and oxygen atoms in total. The molecule has 0 bridgehead atoms. The molecule has 248 valence electrons. The Hall–Kier alpha value is -1.13. The van der Waals surface area contributed by atoms with Gasteiger partial charge in [0.2, 0.25) is 5.91 Å². The molecule has 0 rings (SSSR count). The van der Waals surface area contributed by atoms with Crippen molar-refractivity contribution in [2.45, 2.75) is 206 Å². The van der Waals surface area contributed by atoms with Crippen LogP contribution in [0.1, 0.15) is 194 Å². The van der Waals surface area contributed by atoms with Crippen molar-refractivity contribution in [2.24, 2.45) is 0 Å². The topological polar surface area (TPSA) is 69.6 Å². The van der Waals surface area contributed by atoms with E-state index in [1.807, 2.05) is 0 Å². The number of allylic oxidation sites excluding steroid dienone is 4. The maximum Gasteiger partial charge on any atom is 0.220 e. The molecular formula is C38H73NO3. The monoisotopic (exact) mass is 592 g/mol. The zero-order valence-corrected chi connectivity index (χ0v) is 28.3. The molecule has 0 radical (unpaired) electrons. The van der Waals surface area contributed by atoms with E-state index in [1.54, 1.807) is 0 Å². The average molecular weight is 592 g/mol. The summed E-state index contributed by atoms with van der Waals surface area (Å²) < 4.78 is 0. The first-order valence-corrected chi connectivity index (χ1v) is 18.5. The molecule has 0 aromatic heterocycles. The van der Waals surface area contributed by atoms with E-state index in [9.17, 15) is 15.0 Å². The largest absolute Gasteiger partial charge is 0.394 e. The van der Waals surface area contributed by atoms with Crippen LogP contribution in [-0.2, 0) is 4.79 Å². The molecule has 4 heteroatoms. The molecule has 0 heterocycles. The SMILES string of the molecule is CCCCCCCC/C=C/CCCCCCCCCC(=O)N[C@@H](CO)[C@H](O)CCCC/C=C/CCCCCCCCC. The summed E-state index contributed by atoms with van der Waals surface area (Å²) in [4.78, 5) is 12.3. The number of carbonyl (C=O) groups excluding carboxylic acids is 1. The number of hydrogen-bond donors (Lipinski definition) is 3. The quantitative estimate of drug-likeness (QED) is 0.0525. The third kappa shape index (κ3) is 30.3. The van der Waals surface area contributed by atoms with Gasteiger partial charge in [-0.25, -0.2) is 0 Å². The van der Waals surface area contributed by atoms with Crippen molar-refractivity contribution in [2.75, 3.05) is 6.61 Å². The summed E-state index contributed by atoms with van der Waals surface area (Å²) in [6.45, 7) is 4.32. The fraction of sp³-hybridized carbons (Fsp3) is 0.868. The summed E-state index contributed by atoms with van der Waals surface area (Å²) in [5.41, 5.74) is 0. The molecule has 3 N–H and O–H groups in total. The van der Waals surface area contributed by atoms with Crippen LogP contribution in [0.4, 0.5) is 0 Å². The lowest BCUT2D eigenvalue weighted by atomic mass is 10.0. The number of aliphatic hydroxyl groups is 2. The van der Waals surface area contributed by atoms with Gasteiger partial charge in [-0.1, -0.05) is 147 Å². The molecule has 0 spiro atoms. The van der Waals surface area contributed by atoms with E-state index in [2.05, 4.69) is 43.5 Å². The molecule has 2 atom stereocenters. The lowest BCUT2D eigenvalue weighted by molar-refractivity contribution is -0.123. The van der Waals surface area contributed by atoms with Gasteiger partial charge in [0.1, 0.15) is 0 Å². The van der Waals surface area contributed by atoms with Crippen LogP contribution < -0.4 is 5.32 Å². The van der Waals surface area contributed by atoms with Crippen molar-refractivity contribution < 1.29 is 15.0 Å². The Balaban J connectivity index is 3.60. The lowest BCUT2D eigenvalue weighted by Gasteiger charge is -2.22. The fourth-order valence-electron chi connectivity index (χ4n) is 5.52. The first-order valence-electron chi connectivity index (χ1n) is 18.5. The molecule has 0 aliphatic heterocycles. The molecule has 0 aliphatic rings. The molecule has 0 aromatic rings. The van der Waals surface area contributed by atoms with Gasteiger partial charge in [0, 0.05) is 6.42 Å². The normalized spacial score (nSPS) is 13.3. The Kier molecular flexibility index (Phi) is 33.4. The summed E-state index contributed by atoms with van der Waals surface area (Å²) in [5.74, 6) is -0.0471. The molecular weight excluding hydrogens is 518 g/mol. The van der Waals surface area contributed by atoms with Gasteiger partial charge in [-0.3, -0.25) is 4.79 Å². The second-order valence-corrected chi connectivity index (χ2v) is 12.6. The highest BCUT2D eigenvalue weighted by Gasteiger charge is 2.19. The second kappa shape index (κ2) is 34.4. The van der Waals surface area contributed by atoms with Crippen LogP contribution >= 0.6 is 0 Å². The first-order chi connectivity index (χ1) is 20.7. The number of nitrogens with one attached hydrogen (secondary N) is 1. The minimum absolute atomic E-state index is 0.0471. The highest BCUT2D eigenvalue weighted by molar-refractivity contribution is 5.76. The maximum absolute atomic E-state index is 12.3. The van der Waals surface area contributed by atoms with Crippen LogP contribution in [-0.4, -0.2) is 34.9 Å². The molecule has 0 aromatic carbocycles.